The van der Waals surface area contributed by atoms with Crippen molar-refractivity contribution < 1.29 is 14.1 Å². The van der Waals surface area contributed by atoms with Crippen molar-refractivity contribution >= 4 is 35.0 Å². The maximum Gasteiger partial charge on any atom is 0.253 e. The van der Waals surface area contributed by atoms with E-state index in [1.54, 1.807) is 19.9 Å². The molecule has 1 aromatic heterocycles. The highest BCUT2D eigenvalue weighted by Gasteiger charge is 2.17. The minimum absolute atomic E-state index is 0.213. The molecule has 0 fully saturated rings. The fourth-order valence-electron chi connectivity index (χ4n) is 1.77. The standard InChI is InChI=1S/C14H14Cl2N4O3/c1-7(14-19-8(2)20-23-14)18-12(21)6-17-13(22)10-4-3-9(15)5-11(10)16/h3-5,7H,6H2,1-2H3,(H,17,22)(H,18,21). The minimum Gasteiger partial charge on any atom is -0.343 e. The van der Waals surface area contributed by atoms with Gasteiger partial charge in [-0.15, -0.1) is 0 Å². The number of aromatic nitrogens is 2. The number of carbonyl (C=O) groups excluding carboxylic acids is 2. The molecule has 0 bridgehead atoms. The van der Waals surface area contributed by atoms with Gasteiger partial charge in [0.25, 0.3) is 5.91 Å². The van der Waals surface area contributed by atoms with Crippen LogP contribution in [-0.4, -0.2) is 28.5 Å². The molecule has 1 heterocycles. The van der Waals surface area contributed by atoms with Gasteiger partial charge in [0.2, 0.25) is 11.8 Å². The summed E-state index contributed by atoms with van der Waals surface area (Å²) in [5.74, 6) is -0.0930. The molecule has 0 spiro atoms. The Morgan fingerprint density at radius 1 is 1.35 bits per heavy atom. The highest BCUT2D eigenvalue weighted by Crippen LogP contribution is 2.20. The van der Waals surface area contributed by atoms with Gasteiger partial charge in [0.15, 0.2) is 5.82 Å². The third-order valence-electron chi connectivity index (χ3n) is 2.88. The average Bonchev–Trinajstić information content (AvgIpc) is 2.91. The molecule has 0 aliphatic carbocycles. The lowest BCUT2D eigenvalue weighted by Gasteiger charge is -2.11. The third-order valence-corrected chi connectivity index (χ3v) is 3.42. The number of benzene rings is 1. The van der Waals surface area contributed by atoms with Crippen molar-refractivity contribution in [1.82, 2.24) is 20.8 Å². The molecule has 2 rings (SSSR count). The summed E-state index contributed by atoms with van der Waals surface area (Å²) >= 11 is 11.7. The summed E-state index contributed by atoms with van der Waals surface area (Å²) in [5.41, 5.74) is 0.240. The van der Waals surface area contributed by atoms with E-state index in [1.165, 1.54) is 12.1 Å². The summed E-state index contributed by atoms with van der Waals surface area (Å²) in [6.07, 6.45) is 0. The first-order valence-corrected chi connectivity index (χ1v) is 7.45. The number of amides is 2. The molecule has 1 aromatic carbocycles. The van der Waals surface area contributed by atoms with Gasteiger partial charge in [0.05, 0.1) is 17.1 Å². The van der Waals surface area contributed by atoms with Gasteiger partial charge in [-0.25, -0.2) is 0 Å². The smallest absolute Gasteiger partial charge is 0.253 e. The summed E-state index contributed by atoms with van der Waals surface area (Å²) in [6, 6.07) is 4.03. The lowest BCUT2D eigenvalue weighted by atomic mass is 10.2. The van der Waals surface area contributed by atoms with Crippen molar-refractivity contribution in [2.45, 2.75) is 19.9 Å². The number of rotatable bonds is 5. The van der Waals surface area contributed by atoms with Crippen LogP contribution in [0, 0.1) is 6.92 Å². The van der Waals surface area contributed by atoms with Gasteiger partial charge in [-0.3, -0.25) is 9.59 Å². The molecule has 1 unspecified atom stereocenters. The Hall–Kier alpha value is -2.12. The third kappa shape index (κ3) is 4.67. The summed E-state index contributed by atoms with van der Waals surface area (Å²) in [7, 11) is 0. The van der Waals surface area contributed by atoms with Crippen LogP contribution >= 0.6 is 23.2 Å². The predicted octanol–water partition coefficient (Wildman–Crippen LogP) is 2.29. The number of nitrogens with one attached hydrogen (secondary N) is 2. The molecule has 0 radical (unpaired) electrons. The number of aryl methyl sites for hydroxylation is 1. The molecular weight excluding hydrogens is 343 g/mol. The molecule has 2 amide bonds. The van der Waals surface area contributed by atoms with E-state index in [2.05, 4.69) is 20.8 Å². The van der Waals surface area contributed by atoms with Crippen molar-refractivity contribution in [1.29, 1.82) is 0 Å². The lowest BCUT2D eigenvalue weighted by Crippen LogP contribution is -2.38. The molecule has 2 N–H and O–H groups in total. The lowest BCUT2D eigenvalue weighted by molar-refractivity contribution is -0.120. The summed E-state index contributed by atoms with van der Waals surface area (Å²) in [4.78, 5) is 27.8. The van der Waals surface area contributed by atoms with Crippen LogP contribution in [0.25, 0.3) is 0 Å². The molecule has 0 saturated heterocycles. The minimum atomic E-state index is -0.469. The van der Waals surface area contributed by atoms with Gasteiger partial charge in [0, 0.05) is 5.02 Å². The zero-order valence-corrected chi connectivity index (χ0v) is 13.9. The van der Waals surface area contributed by atoms with E-state index in [9.17, 15) is 9.59 Å². The van der Waals surface area contributed by atoms with E-state index in [0.29, 0.717) is 16.7 Å². The molecule has 7 nitrogen and oxygen atoms in total. The van der Waals surface area contributed by atoms with E-state index in [1.807, 2.05) is 0 Å². The quantitative estimate of drug-likeness (QED) is 0.856. The molecule has 1 atom stereocenters. The molecule has 0 aliphatic heterocycles. The van der Waals surface area contributed by atoms with Crippen LogP contribution in [0.15, 0.2) is 22.7 Å². The molecule has 0 aliphatic rings. The van der Waals surface area contributed by atoms with Crippen molar-refractivity contribution in [2.24, 2.45) is 0 Å². The van der Waals surface area contributed by atoms with Gasteiger partial charge in [-0.1, -0.05) is 28.4 Å². The Kier molecular flexibility index (Phi) is 5.57. The topological polar surface area (TPSA) is 97.1 Å². The molecule has 122 valence electrons. The van der Waals surface area contributed by atoms with Crippen LogP contribution in [0.3, 0.4) is 0 Å². The number of hydrogen-bond acceptors (Lipinski definition) is 5. The second kappa shape index (κ2) is 7.43. The van der Waals surface area contributed by atoms with E-state index in [0.717, 1.165) is 0 Å². The fourth-order valence-corrected chi connectivity index (χ4v) is 2.27. The molecule has 2 aromatic rings. The monoisotopic (exact) mass is 356 g/mol. The van der Waals surface area contributed by atoms with Crippen molar-refractivity contribution in [3.8, 4) is 0 Å². The zero-order chi connectivity index (χ0) is 17.0. The number of nitrogens with zero attached hydrogens (tertiary/aromatic N) is 2. The van der Waals surface area contributed by atoms with E-state index in [-0.39, 0.29) is 17.1 Å². The second-order valence-electron chi connectivity index (χ2n) is 4.78. The van der Waals surface area contributed by atoms with Gasteiger partial charge in [0.1, 0.15) is 6.04 Å². The number of hydrogen-bond donors (Lipinski definition) is 2. The van der Waals surface area contributed by atoms with Crippen molar-refractivity contribution in [3.63, 3.8) is 0 Å². The Morgan fingerprint density at radius 2 is 2.09 bits per heavy atom. The predicted molar refractivity (Wildman–Crippen MR) is 84.4 cm³/mol. The normalized spacial score (nSPS) is 11.8. The SMILES string of the molecule is Cc1noc(C(C)NC(=O)CNC(=O)c2ccc(Cl)cc2Cl)n1. The van der Waals surface area contributed by atoms with Crippen LogP contribution in [-0.2, 0) is 4.79 Å². The Bertz CT molecular complexity index is 733. The first kappa shape index (κ1) is 17.2. The van der Waals surface area contributed by atoms with Gasteiger partial charge in [-0.05, 0) is 32.0 Å². The maximum absolute atomic E-state index is 12.0. The van der Waals surface area contributed by atoms with Crippen LogP contribution in [0.5, 0.6) is 0 Å². The van der Waals surface area contributed by atoms with Gasteiger partial charge in [-0.2, -0.15) is 4.98 Å². The highest BCUT2D eigenvalue weighted by atomic mass is 35.5. The Balaban J connectivity index is 1.87. The van der Waals surface area contributed by atoms with Crippen LogP contribution in [0.4, 0.5) is 0 Å². The molecule has 0 saturated carbocycles. The first-order valence-electron chi connectivity index (χ1n) is 6.69. The summed E-state index contributed by atoms with van der Waals surface area (Å²) in [5, 5.41) is 9.39. The largest absolute Gasteiger partial charge is 0.343 e. The Morgan fingerprint density at radius 3 is 2.70 bits per heavy atom. The van der Waals surface area contributed by atoms with Crippen molar-refractivity contribution in [2.75, 3.05) is 6.54 Å². The average molecular weight is 357 g/mol. The van der Waals surface area contributed by atoms with E-state index < -0.39 is 17.9 Å². The first-order chi connectivity index (χ1) is 10.9. The molecule has 9 heteroatoms. The van der Waals surface area contributed by atoms with Gasteiger partial charge >= 0.3 is 0 Å². The summed E-state index contributed by atoms with van der Waals surface area (Å²) in [6.45, 7) is 3.16. The zero-order valence-electron chi connectivity index (χ0n) is 12.4. The second-order valence-corrected chi connectivity index (χ2v) is 5.62. The molecular formula is C14H14Cl2N4O3. The number of carbonyl (C=O) groups is 2. The maximum atomic E-state index is 12.0. The molecule has 23 heavy (non-hydrogen) atoms. The Labute approximate surface area is 142 Å². The van der Waals surface area contributed by atoms with Crippen LogP contribution in [0.1, 0.15) is 35.0 Å². The van der Waals surface area contributed by atoms with Crippen molar-refractivity contribution in [3.05, 3.63) is 45.5 Å². The van der Waals surface area contributed by atoms with Gasteiger partial charge < -0.3 is 15.2 Å². The van der Waals surface area contributed by atoms with Crippen LogP contribution in [0.2, 0.25) is 10.0 Å². The number of halogens is 2. The highest BCUT2D eigenvalue weighted by molar-refractivity contribution is 6.36. The summed E-state index contributed by atoms with van der Waals surface area (Å²) < 4.78 is 4.96. The fraction of sp³-hybridized carbons (Fsp3) is 0.286. The van der Waals surface area contributed by atoms with E-state index in [4.69, 9.17) is 27.7 Å². The van der Waals surface area contributed by atoms with Crippen LogP contribution < -0.4 is 10.6 Å². The van der Waals surface area contributed by atoms with E-state index >= 15 is 0 Å².